The molecule has 0 spiro atoms. The van der Waals surface area contributed by atoms with Crippen LogP contribution in [0.25, 0.3) is 0 Å². The van der Waals surface area contributed by atoms with Crippen molar-refractivity contribution in [1.29, 1.82) is 0 Å². The van der Waals surface area contributed by atoms with Gasteiger partial charge in [-0.05, 0) is 31.4 Å². The summed E-state index contributed by atoms with van der Waals surface area (Å²) in [6, 6.07) is 0. The lowest BCUT2D eigenvalue weighted by Gasteiger charge is -2.19. The second kappa shape index (κ2) is 4.37. The van der Waals surface area contributed by atoms with Crippen LogP contribution < -0.4 is 5.73 Å². The smallest absolute Gasteiger partial charge is 0.154 e. The summed E-state index contributed by atoms with van der Waals surface area (Å²) in [5.41, 5.74) is 6.04. The van der Waals surface area contributed by atoms with E-state index in [0.29, 0.717) is 5.92 Å². The fourth-order valence-corrected chi connectivity index (χ4v) is 3.66. The number of fused-ring (bicyclic) bond motifs is 1. The molecule has 2 aliphatic heterocycles. The van der Waals surface area contributed by atoms with Gasteiger partial charge in [-0.3, -0.25) is 0 Å². The summed E-state index contributed by atoms with van der Waals surface area (Å²) in [4.78, 5) is 4.68. The first kappa shape index (κ1) is 10.6. The quantitative estimate of drug-likeness (QED) is 0.809. The Hall–Kier alpha value is -0.550. The van der Waals surface area contributed by atoms with Crippen molar-refractivity contribution in [3.05, 3.63) is 11.6 Å². The molecule has 2 aliphatic rings. The molecular formula is C11H18N4S. The van der Waals surface area contributed by atoms with Crippen LogP contribution in [0.1, 0.15) is 49.4 Å². The van der Waals surface area contributed by atoms with E-state index in [0.717, 1.165) is 30.9 Å². The highest BCUT2D eigenvalue weighted by atomic mass is 32.2. The Kier molecular flexibility index (Phi) is 2.90. The standard InChI is InChI=1S/C11H18N4S/c12-9-4-1-5-10-13-11(14-15(9)10)8-3-2-6-16-7-8/h8-9H,1-7,12H2. The van der Waals surface area contributed by atoms with E-state index < -0.39 is 0 Å². The Morgan fingerprint density at radius 2 is 2.25 bits per heavy atom. The number of aryl methyl sites for hydroxylation is 1. The molecule has 1 aromatic heterocycles. The van der Waals surface area contributed by atoms with E-state index in [4.69, 9.17) is 5.73 Å². The molecule has 1 fully saturated rings. The lowest BCUT2D eigenvalue weighted by molar-refractivity contribution is 0.370. The molecule has 16 heavy (non-hydrogen) atoms. The summed E-state index contributed by atoms with van der Waals surface area (Å²) >= 11 is 2.02. The maximum atomic E-state index is 6.04. The zero-order chi connectivity index (χ0) is 11.0. The van der Waals surface area contributed by atoms with Gasteiger partial charge in [0.2, 0.25) is 0 Å². The van der Waals surface area contributed by atoms with Gasteiger partial charge in [0.15, 0.2) is 5.82 Å². The average molecular weight is 238 g/mol. The summed E-state index contributed by atoms with van der Waals surface area (Å²) in [5, 5.41) is 4.62. The maximum absolute atomic E-state index is 6.04. The molecule has 0 aromatic carbocycles. The molecule has 0 saturated carbocycles. The number of rotatable bonds is 1. The average Bonchev–Trinajstić information content (AvgIpc) is 2.76. The largest absolute Gasteiger partial charge is 0.310 e. The van der Waals surface area contributed by atoms with E-state index in [1.807, 2.05) is 16.4 Å². The van der Waals surface area contributed by atoms with Gasteiger partial charge in [-0.1, -0.05) is 0 Å². The van der Waals surface area contributed by atoms with Gasteiger partial charge in [0, 0.05) is 18.1 Å². The molecule has 2 atom stereocenters. The molecule has 1 aromatic rings. The van der Waals surface area contributed by atoms with Gasteiger partial charge in [0.25, 0.3) is 0 Å². The third-order valence-electron chi connectivity index (χ3n) is 3.46. The summed E-state index contributed by atoms with van der Waals surface area (Å²) in [5.74, 6) is 5.18. The third-order valence-corrected chi connectivity index (χ3v) is 4.67. The molecular weight excluding hydrogens is 220 g/mol. The van der Waals surface area contributed by atoms with Crippen LogP contribution in [0.5, 0.6) is 0 Å². The highest BCUT2D eigenvalue weighted by Gasteiger charge is 2.25. The predicted molar refractivity (Wildman–Crippen MR) is 65.5 cm³/mol. The number of aromatic nitrogens is 3. The fraction of sp³-hybridized carbons (Fsp3) is 0.818. The van der Waals surface area contributed by atoms with E-state index in [1.54, 1.807) is 0 Å². The van der Waals surface area contributed by atoms with Crippen LogP contribution in [0.15, 0.2) is 0 Å². The first-order valence-electron chi connectivity index (χ1n) is 6.13. The SMILES string of the molecule is NC1CCCc2nc(C3CCCSC3)nn21. The third kappa shape index (κ3) is 1.86. The molecule has 5 heteroatoms. The van der Waals surface area contributed by atoms with Crippen LogP contribution in [0, 0.1) is 0 Å². The molecule has 88 valence electrons. The number of nitrogens with two attached hydrogens (primary N) is 1. The molecule has 0 radical (unpaired) electrons. The fourth-order valence-electron chi connectivity index (χ4n) is 2.52. The zero-order valence-corrected chi connectivity index (χ0v) is 10.2. The molecule has 0 amide bonds. The van der Waals surface area contributed by atoms with Crippen LogP contribution in [0.3, 0.4) is 0 Å². The van der Waals surface area contributed by atoms with Gasteiger partial charge < -0.3 is 5.73 Å². The molecule has 1 saturated heterocycles. The van der Waals surface area contributed by atoms with Crippen molar-refractivity contribution in [3.8, 4) is 0 Å². The second-order valence-corrected chi connectivity index (χ2v) is 5.85. The second-order valence-electron chi connectivity index (χ2n) is 4.70. The van der Waals surface area contributed by atoms with Crippen molar-refractivity contribution in [3.63, 3.8) is 0 Å². The lowest BCUT2D eigenvalue weighted by atomic mass is 10.1. The Morgan fingerprint density at radius 1 is 1.31 bits per heavy atom. The summed E-state index contributed by atoms with van der Waals surface area (Å²) in [7, 11) is 0. The number of hydrogen-bond donors (Lipinski definition) is 1. The highest BCUT2D eigenvalue weighted by Crippen LogP contribution is 2.30. The summed E-state index contributed by atoms with van der Waals surface area (Å²) < 4.78 is 1.96. The van der Waals surface area contributed by atoms with Crippen molar-refractivity contribution in [1.82, 2.24) is 14.8 Å². The Bertz CT molecular complexity index is 370. The molecule has 0 bridgehead atoms. The van der Waals surface area contributed by atoms with E-state index >= 15 is 0 Å². The minimum Gasteiger partial charge on any atom is -0.310 e. The number of nitrogens with zero attached hydrogens (tertiary/aromatic N) is 3. The first-order chi connectivity index (χ1) is 7.84. The Labute approximate surface area is 100.0 Å². The summed E-state index contributed by atoms with van der Waals surface area (Å²) in [6.45, 7) is 0. The predicted octanol–water partition coefficient (Wildman–Crippen LogP) is 1.68. The van der Waals surface area contributed by atoms with Crippen molar-refractivity contribution < 1.29 is 0 Å². The minimum atomic E-state index is 0.0567. The van der Waals surface area contributed by atoms with Crippen molar-refractivity contribution in [2.24, 2.45) is 5.73 Å². The Morgan fingerprint density at radius 3 is 3.00 bits per heavy atom. The van der Waals surface area contributed by atoms with Gasteiger partial charge in [0.1, 0.15) is 12.0 Å². The molecule has 3 rings (SSSR count). The van der Waals surface area contributed by atoms with E-state index in [-0.39, 0.29) is 6.17 Å². The minimum absolute atomic E-state index is 0.0567. The van der Waals surface area contributed by atoms with Gasteiger partial charge >= 0.3 is 0 Å². The number of hydrogen-bond acceptors (Lipinski definition) is 4. The molecule has 0 aliphatic carbocycles. The maximum Gasteiger partial charge on any atom is 0.154 e. The van der Waals surface area contributed by atoms with Crippen LogP contribution in [-0.2, 0) is 6.42 Å². The van der Waals surface area contributed by atoms with Gasteiger partial charge in [0.05, 0.1) is 0 Å². The van der Waals surface area contributed by atoms with Crippen LogP contribution in [0.2, 0.25) is 0 Å². The number of thioether (sulfide) groups is 1. The van der Waals surface area contributed by atoms with E-state index in [9.17, 15) is 0 Å². The van der Waals surface area contributed by atoms with Crippen molar-refractivity contribution in [2.45, 2.75) is 44.2 Å². The lowest BCUT2D eigenvalue weighted by Crippen LogP contribution is -2.26. The van der Waals surface area contributed by atoms with Crippen molar-refractivity contribution in [2.75, 3.05) is 11.5 Å². The normalized spacial score (nSPS) is 30.1. The monoisotopic (exact) mass is 238 g/mol. The molecule has 2 unspecified atom stereocenters. The van der Waals surface area contributed by atoms with Crippen LogP contribution >= 0.6 is 11.8 Å². The van der Waals surface area contributed by atoms with E-state index in [2.05, 4.69) is 10.1 Å². The van der Waals surface area contributed by atoms with Gasteiger partial charge in [-0.25, -0.2) is 9.67 Å². The van der Waals surface area contributed by atoms with Crippen molar-refractivity contribution >= 4 is 11.8 Å². The van der Waals surface area contributed by atoms with Crippen LogP contribution in [-0.4, -0.2) is 26.3 Å². The van der Waals surface area contributed by atoms with Gasteiger partial charge in [-0.15, -0.1) is 0 Å². The first-order valence-corrected chi connectivity index (χ1v) is 7.28. The molecule has 2 N–H and O–H groups in total. The van der Waals surface area contributed by atoms with Crippen LogP contribution in [0.4, 0.5) is 0 Å². The summed E-state index contributed by atoms with van der Waals surface area (Å²) in [6.07, 6.45) is 5.83. The molecule has 3 heterocycles. The topological polar surface area (TPSA) is 56.7 Å². The highest BCUT2D eigenvalue weighted by molar-refractivity contribution is 7.99. The molecule has 4 nitrogen and oxygen atoms in total. The van der Waals surface area contributed by atoms with Gasteiger partial charge in [-0.2, -0.15) is 16.9 Å². The zero-order valence-electron chi connectivity index (χ0n) is 9.43. The van der Waals surface area contributed by atoms with E-state index in [1.165, 1.54) is 24.3 Å². The Balaban J connectivity index is 1.85.